The minimum absolute atomic E-state index is 0. The number of fused-ring (bicyclic) bond motifs is 1. The number of pyridine rings is 1. The Kier molecular flexibility index (Phi) is 6.86. The molecule has 1 N–H and O–H groups in total. The molecule has 0 amide bonds. The second-order valence-electron chi connectivity index (χ2n) is 6.41. The molecule has 0 saturated heterocycles. The summed E-state index contributed by atoms with van der Waals surface area (Å²) in [5, 5.41) is 1.09. The Morgan fingerprint density at radius 2 is 1.86 bits per heavy atom. The predicted octanol–water partition coefficient (Wildman–Crippen LogP) is 5.07. The van der Waals surface area contributed by atoms with Crippen molar-refractivity contribution >= 4 is 34.9 Å². The van der Waals surface area contributed by atoms with E-state index in [1.54, 1.807) is 36.7 Å². The number of aromatic nitrogens is 3. The molecule has 2 aromatic heterocycles. The van der Waals surface area contributed by atoms with Crippen LogP contribution in [-0.4, -0.2) is 21.6 Å². The molecule has 0 aliphatic carbocycles. The van der Waals surface area contributed by atoms with Crippen molar-refractivity contribution in [2.75, 3.05) is 6.61 Å². The van der Waals surface area contributed by atoms with Crippen molar-refractivity contribution in [3.8, 4) is 17.1 Å². The average molecular weight is 428 g/mol. The Morgan fingerprint density at radius 1 is 1.03 bits per heavy atom. The molecule has 7 heteroatoms. The molecular weight excluding hydrogens is 409 g/mol. The molecule has 29 heavy (non-hydrogen) atoms. The molecule has 4 rings (SSSR count). The number of nitrogens with zero attached hydrogens (tertiary/aromatic N) is 2. The van der Waals surface area contributed by atoms with Gasteiger partial charge in [-0.1, -0.05) is 23.7 Å². The van der Waals surface area contributed by atoms with Gasteiger partial charge in [0.25, 0.3) is 5.56 Å². The van der Waals surface area contributed by atoms with Crippen LogP contribution in [0, 0.1) is 0 Å². The fraction of sp³-hybridized carbons (Fsp3) is 0.136. The third kappa shape index (κ3) is 5.13. The van der Waals surface area contributed by atoms with Crippen molar-refractivity contribution in [3.05, 3.63) is 87.9 Å². The molecule has 0 saturated carbocycles. The highest BCUT2D eigenvalue weighted by atomic mass is 35.5. The third-order valence-electron chi connectivity index (χ3n) is 4.40. The molecule has 2 heterocycles. The second-order valence-corrected chi connectivity index (χ2v) is 6.85. The van der Waals surface area contributed by atoms with Gasteiger partial charge >= 0.3 is 0 Å². The largest absolute Gasteiger partial charge is 0.494 e. The first-order valence-electron chi connectivity index (χ1n) is 9.01. The standard InChI is InChI=1S/C22H18ClN3O2.ClH/c23-17-5-1-4-16(13-17)21-25-20-7-6-18(14-19(20)22(27)26-21)28-12-2-3-15-8-10-24-11-9-15;/h1,4-11,13-14H,2-3,12H2,(H,25,26,27);1H. The van der Waals surface area contributed by atoms with E-state index in [-0.39, 0.29) is 18.0 Å². The fourth-order valence-electron chi connectivity index (χ4n) is 3.00. The first-order valence-corrected chi connectivity index (χ1v) is 9.38. The Bertz CT molecular complexity index is 1160. The lowest BCUT2D eigenvalue weighted by Crippen LogP contribution is -2.10. The van der Waals surface area contributed by atoms with Crippen LogP contribution in [-0.2, 0) is 6.42 Å². The van der Waals surface area contributed by atoms with Gasteiger partial charge in [-0.05, 0) is 60.9 Å². The van der Waals surface area contributed by atoms with E-state index in [4.69, 9.17) is 16.3 Å². The number of halogens is 2. The number of hydrogen-bond donors (Lipinski definition) is 1. The van der Waals surface area contributed by atoms with E-state index < -0.39 is 0 Å². The van der Waals surface area contributed by atoms with Crippen molar-refractivity contribution in [2.45, 2.75) is 12.8 Å². The number of H-pyrrole nitrogens is 1. The molecule has 148 valence electrons. The van der Waals surface area contributed by atoms with Gasteiger partial charge in [0, 0.05) is 23.0 Å². The topological polar surface area (TPSA) is 67.9 Å². The number of aromatic amines is 1. The average Bonchev–Trinajstić information content (AvgIpc) is 2.72. The van der Waals surface area contributed by atoms with E-state index in [0.717, 1.165) is 18.4 Å². The minimum atomic E-state index is -0.206. The summed E-state index contributed by atoms with van der Waals surface area (Å²) >= 11 is 6.03. The van der Waals surface area contributed by atoms with Gasteiger partial charge in [0.1, 0.15) is 11.6 Å². The third-order valence-corrected chi connectivity index (χ3v) is 4.64. The zero-order chi connectivity index (χ0) is 19.3. The van der Waals surface area contributed by atoms with E-state index in [2.05, 4.69) is 15.0 Å². The van der Waals surface area contributed by atoms with Crippen LogP contribution in [0.1, 0.15) is 12.0 Å². The lowest BCUT2D eigenvalue weighted by Gasteiger charge is -2.08. The molecule has 0 atom stereocenters. The minimum Gasteiger partial charge on any atom is -0.494 e. The van der Waals surface area contributed by atoms with E-state index in [1.807, 2.05) is 30.3 Å². The maximum atomic E-state index is 12.5. The summed E-state index contributed by atoms with van der Waals surface area (Å²) < 4.78 is 5.81. The molecule has 4 aromatic rings. The highest BCUT2D eigenvalue weighted by molar-refractivity contribution is 6.30. The van der Waals surface area contributed by atoms with E-state index >= 15 is 0 Å². The Morgan fingerprint density at radius 3 is 2.66 bits per heavy atom. The quantitative estimate of drug-likeness (QED) is 0.436. The highest BCUT2D eigenvalue weighted by Crippen LogP contribution is 2.22. The summed E-state index contributed by atoms with van der Waals surface area (Å²) in [7, 11) is 0. The van der Waals surface area contributed by atoms with Gasteiger partial charge in [0.2, 0.25) is 0 Å². The van der Waals surface area contributed by atoms with Crippen molar-refractivity contribution in [3.63, 3.8) is 0 Å². The molecule has 0 aliphatic heterocycles. The molecule has 0 aliphatic rings. The molecule has 0 radical (unpaired) electrons. The maximum Gasteiger partial charge on any atom is 0.259 e. The van der Waals surface area contributed by atoms with Crippen LogP contribution >= 0.6 is 24.0 Å². The maximum absolute atomic E-state index is 12.5. The van der Waals surface area contributed by atoms with Crippen LogP contribution in [0.2, 0.25) is 5.02 Å². The molecule has 2 aromatic carbocycles. The molecule has 0 unspecified atom stereocenters. The van der Waals surface area contributed by atoms with Crippen molar-refractivity contribution in [2.24, 2.45) is 0 Å². The molecular formula is C22H19Cl2N3O2. The Labute approximate surface area is 179 Å². The van der Waals surface area contributed by atoms with Crippen LogP contribution in [0.3, 0.4) is 0 Å². The van der Waals surface area contributed by atoms with Crippen molar-refractivity contribution < 1.29 is 4.74 Å². The van der Waals surface area contributed by atoms with Crippen LogP contribution in [0.4, 0.5) is 0 Å². The van der Waals surface area contributed by atoms with Gasteiger partial charge in [-0.25, -0.2) is 4.98 Å². The Hall–Kier alpha value is -2.89. The summed E-state index contributed by atoms with van der Waals surface area (Å²) in [6.45, 7) is 0.569. The lowest BCUT2D eigenvalue weighted by atomic mass is 10.1. The first kappa shape index (κ1) is 20.8. The summed E-state index contributed by atoms with van der Waals surface area (Å²) in [6.07, 6.45) is 5.37. The van der Waals surface area contributed by atoms with Crippen LogP contribution in [0.5, 0.6) is 5.75 Å². The number of aryl methyl sites for hydroxylation is 1. The highest BCUT2D eigenvalue weighted by Gasteiger charge is 2.08. The monoisotopic (exact) mass is 427 g/mol. The van der Waals surface area contributed by atoms with Gasteiger partial charge < -0.3 is 9.72 Å². The summed E-state index contributed by atoms with van der Waals surface area (Å²) in [5.74, 6) is 1.15. The molecule has 5 nitrogen and oxygen atoms in total. The van der Waals surface area contributed by atoms with Crippen LogP contribution < -0.4 is 10.3 Å². The number of nitrogens with one attached hydrogen (secondary N) is 1. The number of rotatable bonds is 6. The molecule has 0 spiro atoms. The summed E-state index contributed by atoms with van der Waals surface area (Å²) in [6, 6.07) is 16.6. The zero-order valence-electron chi connectivity index (χ0n) is 15.5. The van der Waals surface area contributed by atoms with Crippen LogP contribution in [0.15, 0.2) is 71.8 Å². The SMILES string of the molecule is Cl.O=c1[nH]c(-c2cccc(Cl)c2)nc2ccc(OCCCc3ccncc3)cc12. The number of benzene rings is 2. The number of hydrogen-bond acceptors (Lipinski definition) is 4. The van der Waals surface area contributed by atoms with Gasteiger partial charge in [0.05, 0.1) is 17.5 Å². The summed E-state index contributed by atoms with van der Waals surface area (Å²) in [4.78, 5) is 23.9. The number of ether oxygens (including phenoxy) is 1. The van der Waals surface area contributed by atoms with E-state index in [1.165, 1.54) is 5.56 Å². The van der Waals surface area contributed by atoms with E-state index in [0.29, 0.717) is 34.1 Å². The van der Waals surface area contributed by atoms with E-state index in [9.17, 15) is 4.79 Å². The summed E-state index contributed by atoms with van der Waals surface area (Å²) in [5.41, 5.74) is 2.40. The van der Waals surface area contributed by atoms with Gasteiger partial charge in [-0.3, -0.25) is 9.78 Å². The lowest BCUT2D eigenvalue weighted by molar-refractivity contribution is 0.311. The zero-order valence-corrected chi connectivity index (χ0v) is 17.0. The fourth-order valence-corrected chi connectivity index (χ4v) is 3.19. The predicted molar refractivity (Wildman–Crippen MR) is 118 cm³/mol. The second kappa shape index (κ2) is 9.54. The van der Waals surface area contributed by atoms with Gasteiger partial charge in [-0.15, -0.1) is 12.4 Å². The smallest absolute Gasteiger partial charge is 0.259 e. The van der Waals surface area contributed by atoms with Crippen molar-refractivity contribution in [1.82, 2.24) is 15.0 Å². The van der Waals surface area contributed by atoms with Gasteiger partial charge in [-0.2, -0.15) is 0 Å². The van der Waals surface area contributed by atoms with Gasteiger partial charge in [0.15, 0.2) is 0 Å². The normalized spacial score (nSPS) is 10.5. The Balaban J connectivity index is 0.00000240. The molecule has 0 fully saturated rings. The van der Waals surface area contributed by atoms with Crippen molar-refractivity contribution in [1.29, 1.82) is 0 Å². The van der Waals surface area contributed by atoms with Crippen LogP contribution in [0.25, 0.3) is 22.3 Å². The first-order chi connectivity index (χ1) is 13.7. The molecule has 0 bridgehead atoms.